The molecule has 60 valence electrons. The molecule has 0 saturated heterocycles. The molecule has 0 fully saturated rings. The van der Waals surface area contributed by atoms with Crippen LogP contribution in [0.25, 0.3) is 0 Å². The molecule has 0 aromatic carbocycles. The lowest BCUT2D eigenvalue weighted by Crippen LogP contribution is -2.06. The maximum absolute atomic E-state index is 8.48. The van der Waals surface area contributed by atoms with Crippen molar-refractivity contribution in [2.45, 2.75) is 0 Å². The van der Waals surface area contributed by atoms with E-state index in [4.69, 9.17) is 17.3 Å². The number of nitrogens with zero attached hydrogens (tertiary/aromatic N) is 1. The predicted octanol–water partition coefficient (Wildman–Crippen LogP) is 0.543. The fourth-order valence-corrected chi connectivity index (χ4v) is 0.833. The van der Waals surface area contributed by atoms with Gasteiger partial charge in [-0.25, -0.2) is 4.98 Å². The number of aromatic amines is 1. The largest absolute Gasteiger partial charge is 0.395 e. The number of H-pyrrole nitrogens is 1. The van der Waals surface area contributed by atoms with Crippen molar-refractivity contribution in [3.63, 3.8) is 0 Å². The van der Waals surface area contributed by atoms with Crippen LogP contribution < -0.4 is 5.32 Å². The molecule has 0 aliphatic carbocycles. The zero-order valence-electron chi connectivity index (χ0n) is 5.87. The zero-order valence-corrected chi connectivity index (χ0v) is 6.69. The van der Waals surface area contributed by atoms with Crippen LogP contribution >= 0.6 is 12.2 Å². The van der Waals surface area contributed by atoms with Gasteiger partial charge in [0.05, 0.1) is 6.61 Å². The van der Waals surface area contributed by atoms with Gasteiger partial charge in [0, 0.05) is 12.7 Å². The lowest BCUT2D eigenvalue weighted by atomic mass is 10.5. The summed E-state index contributed by atoms with van der Waals surface area (Å²) in [6.07, 6.45) is 1.61. The van der Waals surface area contributed by atoms with Crippen LogP contribution in [0.1, 0.15) is 0 Å². The monoisotopic (exact) mass is 171 g/mol. The molecule has 1 aromatic heterocycles. The van der Waals surface area contributed by atoms with Gasteiger partial charge in [-0.2, -0.15) is 0 Å². The number of anilines is 1. The Hall–Kier alpha value is -0.940. The van der Waals surface area contributed by atoms with Gasteiger partial charge in [-0.05, 0) is 18.3 Å². The van der Waals surface area contributed by atoms with E-state index in [2.05, 4.69) is 15.3 Å². The molecule has 0 unspecified atom stereocenters. The maximum Gasteiger partial charge on any atom is 0.198 e. The van der Waals surface area contributed by atoms with Crippen LogP contribution in [0.5, 0.6) is 0 Å². The molecule has 0 aliphatic heterocycles. The van der Waals surface area contributed by atoms with E-state index in [1.165, 1.54) is 0 Å². The molecule has 3 N–H and O–H groups in total. The van der Waals surface area contributed by atoms with Crippen LogP contribution in [0.4, 0.5) is 5.82 Å². The Morgan fingerprint density at radius 3 is 3.18 bits per heavy atom. The van der Waals surface area contributed by atoms with Gasteiger partial charge in [0.2, 0.25) is 0 Å². The highest BCUT2D eigenvalue weighted by Gasteiger charge is 1.87. The van der Waals surface area contributed by atoms with E-state index in [0.717, 1.165) is 5.82 Å². The number of aliphatic hydroxyl groups is 1. The Bertz CT molecular complexity index is 273. The fraction of sp³-hybridized carbons (Fsp3) is 0.333. The summed E-state index contributed by atoms with van der Waals surface area (Å²) in [5.74, 6) is 0.777. The zero-order chi connectivity index (χ0) is 8.10. The molecular formula is C6H9N3OS. The number of aromatic nitrogens is 2. The van der Waals surface area contributed by atoms with E-state index < -0.39 is 0 Å². The van der Waals surface area contributed by atoms with Crippen LogP contribution in [0.15, 0.2) is 12.3 Å². The third-order valence-electron chi connectivity index (χ3n) is 1.10. The van der Waals surface area contributed by atoms with Crippen molar-refractivity contribution in [1.82, 2.24) is 9.97 Å². The average Bonchev–Trinajstić information content (AvgIpc) is 2.01. The number of rotatable bonds is 3. The van der Waals surface area contributed by atoms with Crippen LogP contribution in [0, 0.1) is 4.77 Å². The van der Waals surface area contributed by atoms with Crippen LogP contribution in [0.2, 0.25) is 0 Å². The van der Waals surface area contributed by atoms with Crippen LogP contribution in [-0.4, -0.2) is 28.2 Å². The van der Waals surface area contributed by atoms with Crippen LogP contribution in [0.3, 0.4) is 0 Å². The Morgan fingerprint density at radius 2 is 2.55 bits per heavy atom. The second-order valence-corrected chi connectivity index (χ2v) is 2.33. The van der Waals surface area contributed by atoms with Gasteiger partial charge in [0.1, 0.15) is 5.82 Å². The molecule has 0 amide bonds. The Morgan fingerprint density at radius 1 is 1.73 bits per heavy atom. The minimum Gasteiger partial charge on any atom is -0.395 e. The summed E-state index contributed by atoms with van der Waals surface area (Å²) in [7, 11) is 0. The summed E-state index contributed by atoms with van der Waals surface area (Å²) in [4.78, 5) is 6.63. The summed E-state index contributed by atoms with van der Waals surface area (Å²) in [5, 5.41) is 11.4. The van der Waals surface area contributed by atoms with Crippen molar-refractivity contribution in [2.75, 3.05) is 18.5 Å². The molecule has 0 saturated carbocycles. The van der Waals surface area contributed by atoms with Crippen molar-refractivity contribution in [3.05, 3.63) is 17.0 Å². The molecule has 0 aliphatic rings. The lowest BCUT2D eigenvalue weighted by molar-refractivity contribution is 0.311. The second kappa shape index (κ2) is 4.05. The smallest absolute Gasteiger partial charge is 0.198 e. The van der Waals surface area contributed by atoms with Gasteiger partial charge in [-0.1, -0.05) is 0 Å². The van der Waals surface area contributed by atoms with E-state index in [-0.39, 0.29) is 6.61 Å². The Balaban J connectivity index is 2.64. The Labute approximate surface area is 69.3 Å². The predicted molar refractivity (Wildman–Crippen MR) is 45.0 cm³/mol. The van der Waals surface area contributed by atoms with E-state index in [0.29, 0.717) is 11.3 Å². The third kappa shape index (κ3) is 2.65. The lowest BCUT2D eigenvalue weighted by Gasteiger charge is -2.01. The van der Waals surface area contributed by atoms with Gasteiger partial charge in [-0.3, -0.25) is 0 Å². The second-order valence-electron chi connectivity index (χ2n) is 1.94. The molecular weight excluding hydrogens is 162 g/mol. The van der Waals surface area contributed by atoms with Gasteiger partial charge < -0.3 is 15.4 Å². The molecule has 1 aromatic rings. The van der Waals surface area contributed by atoms with Crippen molar-refractivity contribution in [1.29, 1.82) is 0 Å². The first-order valence-electron chi connectivity index (χ1n) is 3.23. The SMILES string of the molecule is OCCNc1ccnc(=S)[nH]1. The molecule has 4 nitrogen and oxygen atoms in total. The van der Waals surface area contributed by atoms with Gasteiger partial charge >= 0.3 is 0 Å². The molecule has 0 atom stereocenters. The first-order chi connectivity index (χ1) is 5.33. The minimum absolute atomic E-state index is 0.100. The van der Waals surface area contributed by atoms with Crippen molar-refractivity contribution < 1.29 is 5.11 Å². The molecule has 11 heavy (non-hydrogen) atoms. The normalized spacial score (nSPS) is 9.55. The summed E-state index contributed by atoms with van der Waals surface area (Å²) in [6, 6.07) is 1.76. The molecule has 0 spiro atoms. The number of nitrogens with one attached hydrogen (secondary N) is 2. The van der Waals surface area contributed by atoms with E-state index >= 15 is 0 Å². The van der Waals surface area contributed by atoms with Gasteiger partial charge in [0.15, 0.2) is 4.77 Å². The van der Waals surface area contributed by atoms with Gasteiger partial charge in [0.25, 0.3) is 0 Å². The molecule has 1 rings (SSSR count). The van der Waals surface area contributed by atoms with Crippen molar-refractivity contribution in [3.8, 4) is 0 Å². The van der Waals surface area contributed by atoms with E-state index in [1.54, 1.807) is 12.3 Å². The third-order valence-corrected chi connectivity index (χ3v) is 1.31. The minimum atomic E-state index is 0.100. The molecule has 5 heteroatoms. The highest BCUT2D eigenvalue weighted by molar-refractivity contribution is 7.71. The van der Waals surface area contributed by atoms with Crippen LogP contribution in [-0.2, 0) is 0 Å². The number of aliphatic hydroxyl groups excluding tert-OH is 1. The molecule has 1 heterocycles. The van der Waals surface area contributed by atoms with E-state index in [9.17, 15) is 0 Å². The highest BCUT2D eigenvalue weighted by Crippen LogP contribution is 1.97. The first kappa shape index (κ1) is 8.16. The highest BCUT2D eigenvalue weighted by atomic mass is 32.1. The maximum atomic E-state index is 8.48. The standard InChI is InChI=1S/C6H9N3OS/c10-4-3-7-5-1-2-8-6(11)9-5/h1-2,10H,3-4H2,(H2,7,8,9,11). The summed E-state index contributed by atoms with van der Waals surface area (Å²) in [6.45, 7) is 0.609. The average molecular weight is 171 g/mol. The number of hydrogen-bond donors (Lipinski definition) is 3. The summed E-state index contributed by atoms with van der Waals surface area (Å²) < 4.78 is 0.438. The number of hydrogen-bond acceptors (Lipinski definition) is 4. The summed E-state index contributed by atoms with van der Waals surface area (Å²) in [5.41, 5.74) is 0. The van der Waals surface area contributed by atoms with Crippen molar-refractivity contribution in [2.24, 2.45) is 0 Å². The van der Waals surface area contributed by atoms with Gasteiger partial charge in [-0.15, -0.1) is 0 Å². The molecule has 0 radical (unpaired) electrons. The fourth-order valence-electron chi connectivity index (χ4n) is 0.662. The quantitative estimate of drug-likeness (QED) is 0.581. The molecule has 0 bridgehead atoms. The Kier molecular flexibility index (Phi) is 3.00. The first-order valence-corrected chi connectivity index (χ1v) is 3.64. The van der Waals surface area contributed by atoms with E-state index in [1.807, 2.05) is 0 Å². The van der Waals surface area contributed by atoms with Crippen molar-refractivity contribution >= 4 is 18.0 Å². The summed E-state index contributed by atoms with van der Waals surface area (Å²) >= 11 is 4.78. The topological polar surface area (TPSA) is 60.9 Å².